The van der Waals surface area contributed by atoms with Crippen molar-refractivity contribution in [3.05, 3.63) is 65.0 Å². The molecule has 1 aromatic carbocycles. The molecule has 0 spiro atoms. The van der Waals surface area contributed by atoms with Gasteiger partial charge in [-0.2, -0.15) is 0 Å². The predicted octanol–water partition coefficient (Wildman–Crippen LogP) is 1.94. The average molecular weight is 367 g/mol. The summed E-state index contributed by atoms with van der Waals surface area (Å²) >= 11 is 0. The number of carbonyl (C=O) groups excluding carboxylic acids is 2. The fraction of sp³-hybridized carbons (Fsp3) is 0.300. The van der Waals surface area contributed by atoms with Crippen molar-refractivity contribution in [1.29, 1.82) is 0 Å². The zero-order valence-electron chi connectivity index (χ0n) is 15.1. The molecule has 0 bridgehead atoms. The van der Waals surface area contributed by atoms with Crippen LogP contribution in [0.3, 0.4) is 0 Å². The van der Waals surface area contributed by atoms with Crippen LogP contribution in [0.5, 0.6) is 0 Å². The van der Waals surface area contributed by atoms with Gasteiger partial charge in [-0.15, -0.1) is 0 Å². The van der Waals surface area contributed by atoms with E-state index >= 15 is 0 Å². The quantitative estimate of drug-likeness (QED) is 0.892. The number of rotatable bonds is 4. The molecular weight excluding hydrogens is 346 g/mol. The van der Waals surface area contributed by atoms with E-state index < -0.39 is 5.97 Å². The highest BCUT2D eigenvalue weighted by atomic mass is 16.4. The van der Waals surface area contributed by atoms with Crippen LogP contribution in [-0.4, -0.2) is 63.9 Å². The van der Waals surface area contributed by atoms with Gasteiger partial charge >= 0.3 is 5.97 Å². The van der Waals surface area contributed by atoms with Gasteiger partial charge in [0.15, 0.2) is 0 Å². The summed E-state index contributed by atoms with van der Waals surface area (Å²) in [6.07, 6.45) is 2.24. The Morgan fingerprint density at radius 1 is 0.926 bits per heavy atom. The second-order valence-electron chi connectivity index (χ2n) is 6.37. The third kappa shape index (κ3) is 4.13. The van der Waals surface area contributed by atoms with Crippen molar-refractivity contribution in [1.82, 2.24) is 14.8 Å². The van der Waals surface area contributed by atoms with E-state index in [1.165, 1.54) is 23.9 Å². The first-order valence-corrected chi connectivity index (χ1v) is 8.86. The topological polar surface area (TPSA) is 90.8 Å². The fourth-order valence-corrected chi connectivity index (χ4v) is 3.04. The van der Waals surface area contributed by atoms with Crippen molar-refractivity contribution in [2.24, 2.45) is 0 Å². The van der Waals surface area contributed by atoms with Crippen LogP contribution in [-0.2, 0) is 6.42 Å². The summed E-state index contributed by atoms with van der Waals surface area (Å²) in [5, 5.41) is 9.01. The first kappa shape index (κ1) is 18.6. The smallest absolute Gasteiger partial charge is 0.354 e. The highest BCUT2D eigenvalue weighted by molar-refractivity contribution is 5.97. The summed E-state index contributed by atoms with van der Waals surface area (Å²) in [6.45, 7) is 3.76. The van der Waals surface area contributed by atoms with E-state index in [-0.39, 0.29) is 23.1 Å². The normalized spacial score (nSPS) is 14.1. The molecule has 2 heterocycles. The Hall–Kier alpha value is -3.22. The standard InChI is InChI=1S/C20H21N3O4/c1-2-14-3-5-15(6-4-14)18(24)22-9-11-23(12-10-22)19(25)16-7-8-21-17(13-16)20(26)27/h3-8,13H,2,9-12H2,1H3,(H,26,27). The van der Waals surface area contributed by atoms with Crippen molar-refractivity contribution in [3.63, 3.8) is 0 Å². The molecule has 0 radical (unpaired) electrons. The largest absolute Gasteiger partial charge is 0.477 e. The van der Waals surface area contributed by atoms with Gasteiger partial charge in [-0.25, -0.2) is 9.78 Å². The number of carboxylic acids is 1. The van der Waals surface area contributed by atoms with Crippen LogP contribution in [0.4, 0.5) is 0 Å². The van der Waals surface area contributed by atoms with E-state index in [9.17, 15) is 14.4 Å². The summed E-state index contributed by atoms with van der Waals surface area (Å²) in [5.74, 6) is -1.46. The second-order valence-corrected chi connectivity index (χ2v) is 6.37. The molecule has 0 aliphatic carbocycles. The fourth-order valence-electron chi connectivity index (χ4n) is 3.04. The molecule has 1 N–H and O–H groups in total. The molecule has 1 aromatic heterocycles. The molecule has 1 aliphatic rings. The highest BCUT2D eigenvalue weighted by Crippen LogP contribution is 2.13. The molecular formula is C20H21N3O4. The summed E-state index contributed by atoms with van der Waals surface area (Å²) in [5.41, 5.74) is 1.95. The Morgan fingerprint density at radius 2 is 1.48 bits per heavy atom. The van der Waals surface area contributed by atoms with Crippen LogP contribution < -0.4 is 0 Å². The summed E-state index contributed by atoms with van der Waals surface area (Å²) in [7, 11) is 0. The number of benzene rings is 1. The molecule has 1 aliphatic heterocycles. The van der Waals surface area contributed by atoms with Gasteiger partial charge in [0.1, 0.15) is 5.69 Å². The van der Waals surface area contributed by atoms with E-state index in [0.717, 1.165) is 6.42 Å². The maximum atomic E-state index is 12.6. The lowest BCUT2D eigenvalue weighted by Crippen LogP contribution is -2.50. The van der Waals surface area contributed by atoms with Gasteiger partial charge in [-0.1, -0.05) is 19.1 Å². The van der Waals surface area contributed by atoms with E-state index in [2.05, 4.69) is 11.9 Å². The molecule has 7 heteroatoms. The number of aromatic carboxylic acids is 1. The van der Waals surface area contributed by atoms with Gasteiger partial charge in [-0.3, -0.25) is 9.59 Å². The lowest BCUT2D eigenvalue weighted by Gasteiger charge is -2.35. The van der Waals surface area contributed by atoms with Crippen LogP contribution in [0.15, 0.2) is 42.6 Å². The number of carboxylic acid groups (broad SMARTS) is 1. The highest BCUT2D eigenvalue weighted by Gasteiger charge is 2.26. The van der Waals surface area contributed by atoms with Gasteiger partial charge in [0.05, 0.1) is 0 Å². The lowest BCUT2D eigenvalue weighted by atomic mass is 10.1. The van der Waals surface area contributed by atoms with E-state index in [0.29, 0.717) is 31.7 Å². The molecule has 2 aromatic rings. The minimum Gasteiger partial charge on any atom is -0.477 e. The van der Waals surface area contributed by atoms with Crippen LogP contribution in [0.25, 0.3) is 0 Å². The molecule has 1 saturated heterocycles. The number of hydrogen-bond donors (Lipinski definition) is 1. The maximum absolute atomic E-state index is 12.6. The van der Waals surface area contributed by atoms with Crippen molar-refractivity contribution in [3.8, 4) is 0 Å². The van der Waals surface area contributed by atoms with Gasteiger partial charge in [-0.05, 0) is 36.2 Å². The Bertz CT molecular complexity index is 856. The van der Waals surface area contributed by atoms with Gasteiger partial charge in [0, 0.05) is 43.5 Å². The van der Waals surface area contributed by atoms with Crippen molar-refractivity contribution < 1.29 is 19.5 Å². The Labute approximate surface area is 157 Å². The number of pyridine rings is 1. The third-order valence-electron chi connectivity index (χ3n) is 4.69. The monoisotopic (exact) mass is 367 g/mol. The summed E-state index contributed by atoms with van der Waals surface area (Å²) in [6, 6.07) is 10.4. The Kier molecular flexibility index (Phi) is 5.49. The lowest BCUT2D eigenvalue weighted by molar-refractivity contribution is 0.0535. The van der Waals surface area contributed by atoms with E-state index in [1.54, 1.807) is 9.80 Å². The number of nitrogens with zero attached hydrogens (tertiary/aromatic N) is 3. The zero-order valence-corrected chi connectivity index (χ0v) is 15.1. The van der Waals surface area contributed by atoms with Crippen LogP contribution in [0.2, 0.25) is 0 Å². The van der Waals surface area contributed by atoms with Gasteiger partial charge in [0.2, 0.25) is 0 Å². The molecule has 2 amide bonds. The van der Waals surface area contributed by atoms with E-state index in [4.69, 9.17) is 5.11 Å². The minimum atomic E-state index is -1.17. The van der Waals surface area contributed by atoms with Crippen LogP contribution >= 0.6 is 0 Å². The second kappa shape index (κ2) is 7.99. The average Bonchev–Trinajstić information content (AvgIpc) is 2.73. The van der Waals surface area contributed by atoms with Crippen LogP contribution in [0, 0.1) is 0 Å². The number of carbonyl (C=O) groups is 3. The molecule has 0 saturated carbocycles. The Balaban J connectivity index is 1.62. The van der Waals surface area contributed by atoms with Crippen molar-refractivity contribution >= 4 is 17.8 Å². The number of amides is 2. The van der Waals surface area contributed by atoms with Crippen molar-refractivity contribution in [2.45, 2.75) is 13.3 Å². The van der Waals surface area contributed by atoms with E-state index in [1.807, 2.05) is 24.3 Å². The SMILES string of the molecule is CCc1ccc(C(=O)N2CCN(C(=O)c3ccnc(C(=O)O)c3)CC2)cc1. The zero-order chi connectivity index (χ0) is 19.4. The third-order valence-corrected chi connectivity index (χ3v) is 4.69. The van der Waals surface area contributed by atoms with Crippen molar-refractivity contribution in [2.75, 3.05) is 26.2 Å². The van der Waals surface area contributed by atoms with Gasteiger partial charge < -0.3 is 14.9 Å². The minimum absolute atomic E-state index is 0.0400. The molecule has 3 rings (SSSR count). The number of aromatic nitrogens is 1. The number of aryl methyl sites for hydroxylation is 1. The number of piperazine rings is 1. The number of hydrogen-bond acceptors (Lipinski definition) is 4. The van der Waals surface area contributed by atoms with Gasteiger partial charge in [0.25, 0.3) is 11.8 Å². The molecule has 140 valence electrons. The first-order valence-electron chi connectivity index (χ1n) is 8.86. The maximum Gasteiger partial charge on any atom is 0.354 e. The first-order chi connectivity index (χ1) is 13.0. The molecule has 27 heavy (non-hydrogen) atoms. The molecule has 7 nitrogen and oxygen atoms in total. The summed E-state index contributed by atoms with van der Waals surface area (Å²) in [4.78, 5) is 43.3. The Morgan fingerprint density at radius 3 is 2.00 bits per heavy atom. The molecule has 0 atom stereocenters. The molecule has 1 fully saturated rings. The predicted molar refractivity (Wildman–Crippen MR) is 98.8 cm³/mol. The molecule has 0 unspecified atom stereocenters. The van der Waals surface area contributed by atoms with Crippen LogP contribution in [0.1, 0.15) is 43.7 Å². The summed E-state index contributed by atoms with van der Waals surface area (Å²) < 4.78 is 0.